The molecule has 0 unspecified atom stereocenters. The molecule has 100 valence electrons. The van der Waals surface area contributed by atoms with Gasteiger partial charge in [-0.05, 0) is 6.42 Å². The van der Waals surface area contributed by atoms with Gasteiger partial charge >= 0.3 is 0 Å². The lowest BCUT2D eigenvalue weighted by Gasteiger charge is -2.18. The number of nitrogens with one attached hydrogen (secondary N) is 2. The lowest BCUT2D eigenvalue weighted by Crippen LogP contribution is -2.22. The number of Topliss-reactive ketones (excluding diaryl/α,β-unsaturated/α-hetero) is 1. The zero-order valence-corrected chi connectivity index (χ0v) is 10.7. The highest BCUT2D eigenvalue weighted by atomic mass is 16.2. The minimum atomic E-state index is -0.291. The number of carbonyl (C=O) groups excluding carboxylic acids is 3. The van der Waals surface area contributed by atoms with E-state index in [9.17, 15) is 14.4 Å². The zero-order valence-electron chi connectivity index (χ0n) is 10.7. The molecule has 0 fully saturated rings. The third-order valence-corrected chi connectivity index (χ3v) is 2.69. The van der Waals surface area contributed by atoms with Crippen molar-refractivity contribution in [3.8, 4) is 0 Å². The maximum atomic E-state index is 11.5. The van der Waals surface area contributed by atoms with Gasteiger partial charge in [-0.25, -0.2) is 4.98 Å². The molecule has 1 heterocycles. The summed E-state index contributed by atoms with van der Waals surface area (Å²) in [5.41, 5.74) is 1.34. The summed E-state index contributed by atoms with van der Waals surface area (Å²) in [6, 6.07) is 0. The van der Waals surface area contributed by atoms with E-state index in [2.05, 4.69) is 20.6 Å². The number of amides is 2. The van der Waals surface area contributed by atoms with Crippen molar-refractivity contribution in [3.63, 3.8) is 0 Å². The van der Waals surface area contributed by atoms with E-state index < -0.39 is 0 Å². The Hall–Kier alpha value is -2.31. The van der Waals surface area contributed by atoms with Crippen molar-refractivity contribution < 1.29 is 14.4 Å². The van der Waals surface area contributed by atoms with Crippen molar-refractivity contribution in [2.45, 2.75) is 33.1 Å². The minimum absolute atomic E-state index is 0.0926. The molecule has 1 aliphatic rings. The topological polar surface area (TPSA) is 101 Å². The number of carbonyl (C=O) groups is 3. The first-order chi connectivity index (χ1) is 8.95. The third kappa shape index (κ3) is 3.12. The molecule has 0 radical (unpaired) electrons. The van der Waals surface area contributed by atoms with Crippen molar-refractivity contribution in [2.75, 3.05) is 10.6 Å². The molecule has 0 aliphatic heterocycles. The van der Waals surface area contributed by atoms with Crippen molar-refractivity contribution in [1.29, 1.82) is 0 Å². The van der Waals surface area contributed by atoms with Gasteiger partial charge in [0.1, 0.15) is 11.6 Å². The van der Waals surface area contributed by atoms with E-state index in [-0.39, 0.29) is 30.0 Å². The summed E-state index contributed by atoms with van der Waals surface area (Å²) in [6.07, 6.45) is 1.13. The van der Waals surface area contributed by atoms with E-state index in [1.54, 1.807) is 0 Å². The molecule has 2 N–H and O–H groups in total. The summed E-state index contributed by atoms with van der Waals surface area (Å²) >= 11 is 0. The highest BCUT2D eigenvalue weighted by Crippen LogP contribution is 2.25. The van der Waals surface area contributed by atoms with Crippen LogP contribution in [-0.4, -0.2) is 27.6 Å². The summed E-state index contributed by atoms with van der Waals surface area (Å²) in [6.45, 7) is 2.71. The molecule has 1 aromatic rings. The van der Waals surface area contributed by atoms with Crippen LogP contribution in [0.3, 0.4) is 0 Å². The molecular weight excluding hydrogens is 248 g/mol. The number of anilines is 2. The summed E-state index contributed by atoms with van der Waals surface area (Å²) in [5.74, 6) is -0.0399. The second-order valence-corrected chi connectivity index (χ2v) is 4.40. The summed E-state index contributed by atoms with van der Waals surface area (Å²) < 4.78 is 0. The molecule has 1 aromatic heterocycles. The van der Waals surface area contributed by atoms with Crippen molar-refractivity contribution in [3.05, 3.63) is 11.3 Å². The van der Waals surface area contributed by atoms with Crippen molar-refractivity contribution in [2.24, 2.45) is 0 Å². The first-order valence-corrected chi connectivity index (χ1v) is 5.92. The molecule has 0 bridgehead atoms. The zero-order chi connectivity index (χ0) is 14.0. The number of rotatable bonds is 2. The minimum Gasteiger partial charge on any atom is -0.311 e. The molecule has 2 amide bonds. The molecule has 0 spiro atoms. The Morgan fingerprint density at radius 3 is 2.37 bits per heavy atom. The van der Waals surface area contributed by atoms with Gasteiger partial charge in [-0.15, -0.1) is 0 Å². The maximum absolute atomic E-state index is 11.5. The van der Waals surface area contributed by atoms with Crippen LogP contribution in [0.4, 0.5) is 11.8 Å². The van der Waals surface area contributed by atoms with Gasteiger partial charge in [0, 0.05) is 32.3 Å². The van der Waals surface area contributed by atoms with E-state index in [0.29, 0.717) is 29.9 Å². The quantitative estimate of drug-likeness (QED) is 0.805. The average molecular weight is 262 g/mol. The van der Waals surface area contributed by atoms with Gasteiger partial charge in [0.2, 0.25) is 17.8 Å². The van der Waals surface area contributed by atoms with Gasteiger partial charge in [0.15, 0.2) is 0 Å². The van der Waals surface area contributed by atoms with Gasteiger partial charge in [-0.1, -0.05) is 0 Å². The van der Waals surface area contributed by atoms with Crippen LogP contribution in [0.15, 0.2) is 0 Å². The average Bonchev–Trinajstić information content (AvgIpc) is 2.28. The second-order valence-electron chi connectivity index (χ2n) is 4.40. The SMILES string of the molecule is CC(=O)Nc1nc2c(c(NC(C)=O)n1)CC(=O)CC2. The maximum Gasteiger partial charge on any atom is 0.231 e. The van der Waals surface area contributed by atoms with Crippen LogP contribution in [0.25, 0.3) is 0 Å². The standard InChI is InChI=1S/C12H14N4O3/c1-6(17)13-11-9-5-8(19)3-4-10(9)15-12(16-11)14-7(2)18/h3-5H2,1-2H3,(H2,13,14,15,16,17,18). The number of hydrogen-bond acceptors (Lipinski definition) is 5. The van der Waals surface area contributed by atoms with Crippen LogP contribution in [0.1, 0.15) is 31.5 Å². The first-order valence-electron chi connectivity index (χ1n) is 5.92. The predicted molar refractivity (Wildman–Crippen MR) is 67.7 cm³/mol. The van der Waals surface area contributed by atoms with E-state index in [4.69, 9.17) is 0 Å². The molecule has 0 aromatic carbocycles. The fourth-order valence-corrected chi connectivity index (χ4v) is 1.95. The first kappa shape index (κ1) is 13.1. The number of aryl methyl sites for hydroxylation is 1. The fourth-order valence-electron chi connectivity index (χ4n) is 1.95. The Balaban J connectivity index is 2.44. The van der Waals surface area contributed by atoms with Crippen molar-refractivity contribution >= 4 is 29.4 Å². The molecule has 7 nitrogen and oxygen atoms in total. The number of ketones is 1. The molecule has 1 aliphatic carbocycles. The van der Waals surface area contributed by atoms with Gasteiger partial charge < -0.3 is 5.32 Å². The smallest absolute Gasteiger partial charge is 0.231 e. The highest BCUT2D eigenvalue weighted by Gasteiger charge is 2.23. The number of fused-ring (bicyclic) bond motifs is 1. The molecular formula is C12H14N4O3. The van der Waals surface area contributed by atoms with E-state index in [1.165, 1.54) is 13.8 Å². The van der Waals surface area contributed by atoms with Crippen molar-refractivity contribution in [1.82, 2.24) is 9.97 Å². The van der Waals surface area contributed by atoms with Crippen LogP contribution in [0, 0.1) is 0 Å². The molecule has 19 heavy (non-hydrogen) atoms. The summed E-state index contributed by atoms with van der Waals surface area (Å²) in [5, 5.41) is 5.06. The van der Waals surface area contributed by atoms with Gasteiger partial charge in [0.25, 0.3) is 0 Å². The van der Waals surface area contributed by atoms with Crippen LogP contribution in [0.5, 0.6) is 0 Å². The summed E-state index contributed by atoms with van der Waals surface area (Å²) in [7, 11) is 0. The molecule has 0 atom stereocenters. The Kier molecular flexibility index (Phi) is 3.55. The predicted octanol–water partition coefficient (Wildman–Crippen LogP) is 0.451. The second kappa shape index (κ2) is 5.13. The number of hydrogen-bond donors (Lipinski definition) is 2. The monoisotopic (exact) mass is 262 g/mol. The van der Waals surface area contributed by atoms with Gasteiger partial charge in [-0.2, -0.15) is 4.98 Å². The molecule has 0 saturated heterocycles. The molecule has 7 heteroatoms. The normalized spacial score (nSPS) is 13.7. The Morgan fingerprint density at radius 1 is 1.05 bits per heavy atom. The lowest BCUT2D eigenvalue weighted by atomic mass is 9.95. The molecule has 2 rings (SSSR count). The number of nitrogens with zero attached hydrogens (tertiary/aromatic N) is 2. The van der Waals surface area contributed by atoms with Crippen LogP contribution >= 0.6 is 0 Å². The van der Waals surface area contributed by atoms with Gasteiger partial charge in [-0.3, -0.25) is 19.7 Å². The Labute approximate surface area is 109 Å². The van der Waals surface area contributed by atoms with E-state index in [0.717, 1.165) is 0 Å². The van der Waals surface area contributed by atoms with E-state index in [1.807, 2.05) is 0 Å². The van der Waals surface area contributed by atoms with E-state index >= 15 is 0 Å². The van der Waals surface area contributed by atoms with Crippen LogP contribution in [0.2, 0.25) is 0 Å². The fraction of sp³-hybridized carbons (Fsp3) is 0.417. The van der Waals surface area contributed by atoms with Crippen LogP contribution in [-0.2, 0) is 27.2 Å². The van der Waals surface area contributed by atoms with Crippen LogP contribution < -0.4 is 10.6 Å². The van der Waals surface area contributed by atoms with Gasteiger partial charge in [0.05, 0.1) is 5.69 Å². The Morgan fingerprint density at radius 2 is 1.74 bits per heavy atom. The lowest BCUT2D eigenvalue weighted by molar-refractivity contribution is -0.119. The number of aromatic nitrogens is 2. The third-order valence-electron chi connectivity index (χ3n) is 2.69. The highest BCUT2D eigenvalue weighted by molar-refractivity contribution is 5.92. The Bertz CT molecular complexity index is 568. The summed E-state index contributed by atoms with van der Waals surface area (Å²) in [4.78, 5) is 42.0. The molecule has 0 saturated carbocycles. The largest absolute Gasteiger partial charge is 0.311 e.